The molecule has 1 aromatic carbocycles. The van der Waals surface area contributed by atoms with E-state index in [-0.39, 0.29) is 24.4 Å². The molecular weight excluding hydrogens is 260 g/mol. The topological polar surface area (TPSA) is 55.1 Å². The van der Waals surface area contributed by atoms with Crippen LogP contribution in [0.15, 0.2) is 24.3 Å². The van der Waals surface area contributed by atoms with Crippen molar-refractivity contribution < 1.29 is 4.79 Å². The zero-order valence-electron chi connectivity index (χ0n) is 11.4. The number of nitrogens with one attached hydrogen (secondary N) is 1. The number of halogens is 1. The second-order valence-electron chi connectivity index (χ2n) is 5.09. The number of benzene rings is 1. The molecule has 0 radical (unpaired) electrons. The Kier molecular flexibility index (Phi) is 6.32. The van der Waals surface area contributed by atoms with Crippen LogP contribution in [0.2, 0.25) is 0 Å². The predicted molar refractivity (Wildman–Crippen MR) is 80.5 cm³/mol. The first-order valence-electron chi connectivity index (χ1n) is 6.80. The zero-order valence-corrected chi connectivity index (χ0v) is 12.2. The van der Waals surface area contributed by atoms with Gasteiger partial charge in [-0.2, -0.15) is 0 Å². The van der Waals surface area contributed by atoms with Gasteiger partial charge in [0.25, 0.3) is 0 Å². The van der Waals surface area contributed by atoms with E-state index in [9.17, 15) is 4.79 Å². The summed E-state index contributed by atoms with van der Waals surface area (Å²) in [4.78, 5) is 11.9. The summed E-state index contributed by atoms with van der Waals surface area (Å²) in [6.45, 7) is 2.67. The minimum absolute atomic E-state index is 0. The van der Waals surface area contributed by atoms with Crippen LogP contribution in [0.4, 0.5) is 0 Å². The maximum Gasteiger partial charge on any atom is 0.224 e. The van der Waals surface area contributed by atoms with E-state index in [4.69, 9.17) is 5.73 Å². The van der Waals surface area contributed by atoms with Gasteiger partial charge in [-0.1, -0.05) is 31.2 Å². The molecule has 1 aromatic rings. The molecular formula is C15H23ClN2O. The first-order valence-corrected chi connectivity index (χ1v) is 6.80. The van der Waals surface area contributed by atoms with Crippen LogP contribution in [0.3, 0.4) is 0 Å². The average molecular weight is 283 g/mol. The Morgan fingerprint density at radius 1 is 1.32 bits per heavy atom. The van der Waals surface area contributed by atoms with Crippen molar-refractivity contribution in [2.24, 2.45) is 11.7 Å². The number of hydrogen-bond acceptors (Lipinski definition) is 2. The molecule has 0 spiro atoms. The summed E-state index contributed by atoms with van der Waals surface area (Å²) in [6.07, 6.45) is 3.89. The number of aryl methyl sites for hydroxylation is 1. The maximum atomic E-state index is 11.9. The van der Waals surface area contributed by atoms with E-state index in [1.807, 2.05) is 12.1 Å². The lowest BCUT2D eigenvalue weighted by molar-refractivity contribution is -0.121. The van der Waals surface area contributed by atoms with Crippen LogP contribution in [0.5, 0.6) is 0 Å². The Balaban J connectivity index is 0.00000180. The third-order valence-corrected chi connectivity index (χ3v) is 3.59. The Hall–Kier alpha value is -1.06. The molecule has 3 nitrogen and oxygen atoms in total. The van der Waals surface area contributed by atoms with Crippen LogP contribution in [0.25, 0.3) is 0 Å². The van der Waals surface area contributed by atoms with Gasteiger partial charge >= 0.3 is 0 Å². The van der Waals surface area contributed by atoms with Crippen molar-refractivity contribution in [2.75, 3.05) is 6.54 Å². The molecule has 19 heavy (non-hydrogen) atoms. The molecule has 0 aromatic heterocycles. The summed E-state index contributed by atoms with van der Waals surface area (Å²) < 4.78 is 0. The molecule has 1 atom stereocenters. The van der Waals surface area contributed by atoms with Gasteiger partial charge in [-0.25, -0.2) is 0 Å². The summed E-state index contributed by atoms with van der Waals surface area (Å²) in [7, 11) is 0. The third kappa shape index (κ3) is 4.84. The molecule has 0 saturated heterocycles. The van der Waals surface area contributed by atoms with Gasteiger partial charge in [-0.15, -0.1) is 12.4 Å². The van der Waals surface area contributed by atoms with Crippen molar-refractivity contribution in [3.05, 3.63) is 35.4 Å². The molecule has 1 unspecified atom stereocenters. The Bertz CT molecular complexity index is 401. The van der Waals surface area contributed by atoms with Crippen molar-refractivity contribution in [3.8, 4) is 0 Å². The Morgan fingerprint density at radius 3 is 2.37 bits per heavy atom. The Morgan fingerprint density at radius 2 is 1.89 bits per heavy atom. The molecule has 0 heterocycles. The van der Waals surface area contributed by atoms with Gasteiger partial charge in [0.05, 0.1) is 6.42 Å². The maximum absolute atomic E-state index is 11.9. The van der Waals surface area contributed by atoms with E-state index >= 15 is 0 Å². The van der Waals surface area contributed by atoms with Gasteiger partial charge < -0.3 is 11.1 Å². The number of rotatable bonds is 6. The van der Waals surface area contributed by atoms with Crippen molar-refractivity contribution >= 4 is 18.3 Å². The van der Waals surface area contributed by atoms with Crippen LogP contribution in [-0.4, -0.2) is 18.5 Å². The van der Waals surface area contributed by atoms with E-state index in [0.717, 1.165) is 12.0 Å². The normalized spacial score (nSPS) is 15.5. The lowest BCUT2D eigenvalue weighted by Gasteiger charge is -2.16. The molecule has 1 saturated carbocycles. The summed E-state index contributed by atoms with van der Waals surface area (Å²) in [5.41, 5.74) is 8.05. The van der Waals surface area contributed by atoms with E-state index in [1.54, 1.807) is 0 Å². The van der Waals surface area contributed by atoms with Crippen molar-refractivity contribution in [2.45, 2.75) is 38.6 Å². The van der Waals surface area contributed by atoms with Crippen LogP contribution < -0.4 is 11.1 Å². The number of amides is 1. The van der Waals surface area contributed by atoms with Crippen LogP contribution in [0, 0.1) is 5.92 Å². The predicted octanol–water partition coefficient (Wildman–Crippen LogP) is 2.07. The minimum atomic E-state index is 0. The lowest BCUT2D eigenvalue weighted by atomic mass is 10.1. The van der Waals surface area contributed by atoms with Crippen LogP contribution >= 0.6 is 12.4 Å². The van der Waals surface area contributed by atoms with Crippen molar-refractivity contribution in [3.63, 3.8) is 0 Å². The SMILES string of the molecule is CCc1ccc(CC(=O)NC(CN)C2CC2)cc1.Cl. The standard InChI is InChI=1S/C15H22N2O.ClH/c1-2-11-3-5-12(6-4-11)9-15(18)17-14(10-16)13-7-8-13;/h3-6,13-14H,2,7-10,16H2,1H3,(H,17,18);1H. The van der Waals surface area contributed by atoms with Crippen LogP contribution in [0.1, 0.15) is 30.9 Å². The zero-order chi connectivity index (χ0) is 13.0. The molecule has 3 N–H and O–H groups in total. The number of carbonyl (C=O) groups excluding carboxylic acids is 1. The summed E-state index contributed by atoms with van der Waals surface area (Å²) in [5.74, 6) is 0.697. The van der Waals surface area contributed by atoms with Gasteiger partial charge in [0.1, 0.15) is 0 Å². The molecule has 106 valence electrons. The quantitative estimate of drug-likeness (QED) is 0.839. The first-order chi connectivity index (χ1) is 8.72. The first kappa shape index (κ1) is 16.0. The van der Waals surface area contributed by atoms with E-state index in [0.29, 0.717) is 18.9 Å². The third-order valence-electron chi connectivity index (χ3n) is 3.59. The summed E-state index contributed by atoms with van der Waals surface area (Å²) in [5, 5.41) is 3.04. The van der Waals surface area contributed by atoms with Gasteiger partial charge in [0, 0.05) is 12.6 Å². The molecule has 0 bridgehead atoms. The fourth-order valence-electron chi connectivity index (χ4n) is 2.20. The molecule has 1 amide bonds. The molecule has 1 fully saturated rings. The molecule has 0 aliphatic heterocycles. The fraction of sp³-hybridized carbons (Fsp3) is 0.533. The highest BCUT2D eigenvalue weighted by Gasteiger charge is 2.31. The molecule has 4 heteroatoms. The highest BCUT2D eigenvalue weighted by Crippen LogP contribution is 2.32. The Labute approximate surface area is 121 Å². The fourth-order valence-corrected chi connectivity index (χ4v) is 2.20. The average Bonchev–Trinajstić information content (AvgIpc) is 3.21. The number of nitrogens with two attached hydrogens (primary N) is 1. The van der Waals surface area contributed by atoms with Crippen molar-refractivity contribution in [1.29, 1.82) is 0 Å². The van der Waals surface area contributed by atoms with Crippen LogP contribution in [-0.2, 0) is 17.6 Å². The van der Waals surface area contributed by atoms with Gasteiger partial charge in [-0.3, -0.25) is 4.79 Å². The number of carbonyl (C=O) groups is 1. The molecule has 2 rings (SSSR count). The second-order valence-corrected chi connectivity index (χ2v) is 5.09. The van der Waals surface area contributed by atoms with Gasteiger partial charge in [0.15, 0.2) is 0 Å². The highest BCUT2D eigenvalue weighted by molar-refractivity contribution is 5.85. The lowest BCUT2D eigenvalue weighted by Crippen LogP contribution is -2.42. The summed E-state index contributed by atoms with van der Waals surface area (Å²) >= 11 is 0. The van der Waals surface area contributed by atoms with Crippen molar-refractivity contribution in [1.82, 2.24) is 5.32 Å². The number of hydrogen-bond donors (Lipinski definition) is 2. The van der Waals surface area contributed by atoms with E-state index in [1.165, 1.54) is 18.4 Å². The van der Waals surface area contributed by atoms with Gasteiger partial charge in [0.2, 0.25) is 5.91 Å². The second kappa shape index (κ2) is 7.51. The summed E-state index contributed by atoms with van der Waals surface area (Å²) in [6, 6.07) is 8.42. The monoisotopic (exact) mass is 282 g/mol. The minimum Gasteiger partial charge on any atom is -0.352 e. The molecule has 1 aliphatic rings. The van der Waals surface area contributed by atoms with E-state index < -0.39 is 0 Å². The molecule has 1 aliphatic carbocycles. The van der Waals surface area contributed by atoms with E-state index in [2.05, 4.69) is 24.4 Å². The van der Waals surface area contributed by atoms with Gasteiger partial charge in [-0.05, 0) is 36.3 Å². The largest absolute Gasteiger partial charge is 0.352 e. The smallest absolute Gasteiger partial charge is 0.224 e. The highest BCUT2D eigenvalue weighted by atomic mass is 35.5.